The minimum Gasteiger partial charge on any atom is -0.365 e. The van der Waals surface area contributed by atoms with Gasteiger partial charge in [0, 0.05) is 30.2 Å². The van der Waals surface area contributed by atoms with E-state index in [9.17, 15) is 9.18 Å². The Morgan fingerprint density at radius 1 is 1.23 bits per heavy atom. The number of anilines is 3. The zero-order valence-electron chi connectivity index (χ0n) is 17.6. The SMILES string of the molecule is CC(C)CC(Nc1nc(Nc2ccc3c(cnn3C)c2)c(C(N)=O)cc1F)C(C)N. The molecule has 6 N–H and O–H groups in total. The van der Waals surface area contributed by atoms with E-state index in [1.54, 1.807) is 10.9 Å². The molecule has 30 heavy (non-hydrogen) atoms. The molecule has 0 saturated heterocycles. The number of carbonyl (C=O) groups excluding carboxylic acids is 1. The van der Waals surface area contributed by atoms with Crippen molar-refractivity contribution in [2.75, 3.05) is 10.6 Å². The molecule has 8 nitrogen and oxygen atoms in total. The van der Waals surface area contributed by atoms with Crippen LogP contribution >= 0.6 is 0 Å². The maximum Gasteiger partial charge on any atom is 0.252 e. The molecule has 2 atom stereocenters. The lowest BCUT2D eigenvalue weighted by molar-refractivity contribution is 0.100. The van der Waals surface area contributed by atoms with Crippen LogP contribution in [0.5, 0.6) is 0 Å². The van der Waals surface area contributed by atoms with Gasteiger partial charge in [0.2, 0.25) is 0 Å². The number of hydrogen-bond acceptors (Lipinski definition) is 6. The third kappa shape index (κ3) is 4.68. The molecule has 2 heterocycles. The number of rotatable bonds is 8. The molecule has 3 rings (SSSR count). The van der Waals surface area contributed by atoms with Gasteiger partial charge in [-0.25, -0.2) is 9.37 Å². The Bertz CT molecular complexity index is 1060. The molecule has 0 saturated carbocycles. The molecule has 0 aliphatic carbocycles. The number of carbonyl (C=O) groups is 1. The van der Waals surface area contributed by atoms with E-state index >= 15 is 0 Å². The predicted molar refractivity (Wildman–Crippen MR) is 117 cm³/mol. The fourth-order valence-corrected chi connectivity index (χ4v) is 3.34. The van der Waals surface area contributed by atoms with Crippen LogP contribution < -0.4 is 22.1 Å². The highest BCUT2D eigenvalue weighted by molar-refractivity contribution is 5.99. The molecule has 160 valence electrons. The Morgan fingerprint density at radius 2 is 1.97 bits per heavy atom. The molecule has 9 heteroatoms. The van der Waals surface area contributed by atoms with E-state index in [0.29, 0.717) is 11.6 Å². The largest absolute Gasteiger partial charge is 0.365 e. The van der Waals surface area contributed by atoms with Crippen LogP contribution in [-0.2, 0) is 7.05 Å². The Kier molecular flexibility index (Phi) is 6.21. The van der Waals surface area contributed by atoms with Crippen LogP contribution in [0.15, 0.2) is 30.5 Å². The number of primary amides is 1. The summed E-state index contributed by atoms with van der Waals surface area (Å²) in [4.78, 5) is 16.2. The highest BCUT2D eigenvalue weighted by Crippen LogP contribution is 2.27. The summed E-state index contributed by atoms with van der Waals surface area (Å²) in [5.41, 5.74) is 13.1. The average Bonchev–Trinajstić information content (AvgIpc) is 3.03. The van der Waals surface area contributed by atoms with Gasteiger partial charge in [-0.05, 0) is 43.5 Å². The number of nitrogens with zero attached hydrogens (tertiary/aromatic N) is 3. The van der Waals surface area contributed by atoms with Crippen molar-refractivity contribution >= 4 is 34.1 Å². The van der Waals surface area contributed by atoms with E-state index in [4.69, 9.17) is 11.5 Å². The number of halogens is 1. The van der Waals surface area contributed by atoms with E-state index in [-0.39, 0.29) is 29.3 Å². The molecule has 0 bridgehead atoms. The molecule has 0 fully saturated rings. The maximum atomic E-state index is 14.7. The normalized spacial score (nSPS) is 13.4. The zero-order chi connectivity index (χ0) is 22.0. The van der Waals surface area contributed by atoms with Crippen molar-refractivity contribution in [2.45, 2.75) is 39.3 Å². The number of benzene rings is 1. The topological polar surface area (TPSA) is 124 Å². The van der Waals surface area contributed by atoms with Crippen molar-refractivity contribution in [1.82, 2.24) is 14.8 Å². The second kappa shape index (κ2) is 8.66. The van der Waals surface area contributed by atoms with Gasteiger partial charge in [0.1, 0.15) is 5.82 Å². The van der Waals surface area contributed by atoms with Gasteiger partial charge in [-0.2, -0.15) is 5.10 Å². The molecule has 0 aliphatic heterocycles. The van der Waals surface area contributed by atoms with Gasteiger partial charge < -0.3 is 22.1 Å². The van der Waals surface area contributed by atoms with Crippen LogP contribution in [0.4, 0.5) is 21.7 Å². The lowest BCUT2D eigenvalue weighted by Crippen LogP contribution is -2.39. The first-order valence-corrected chi connectivity index (χ1v) is 9.87. The van der Waals surface area contributed by atoms with Crippen molar-refractivity contribution in [3.05, 3.63) is 41.8 Å². The number of aryl methyl sites for hydroxylation is 1. The van der Waals surface area contributed by atoms with E-state index in [1.165, 1.54) is 0 Å². The maximum absolute atomic E-state index is 14.7. The Morgan fingerprint density at radius 3 is 2.60 bits per heavy atom. The highest BCUT2D eigenvalue weighted by Gasteiger charge is 2.21. The van der Waals surface area contributed by atoms with E-state index in [0.717, 1.165) is 23.4 Å². The number of aromatic nitrogens is 3. The van der Waals surface area contributed by atoms with Gasteiger partial charge in [0.25, 0.3) is 5.91 Å². The fraction of sp³-hybridized carbons (Fsp3) is 0.381. The summed E-state index contributed by atoms with van der Waals surface area (Å²) >= 11 is 0. The van der Waals surface area contributed by atoms with Gasteiger partial charge in [-0.1, -0.05) is 13.8 Å². The van der Waals surface area contributed by atoms with Crippen LogP contribution in [-0.4, -0.2) is 32.8 Å². The zero-order valence-corrected chi connectivity index (χ0v) is 17.6. The van der Waals surface area contributed by atoms with E-state index in [2.05, 4.69) is 34.6 Å². The lowest BCUT2D eigenvalue weighted by Gasteiger charge is -2.25. The number of amides is 1. The summed E-state index contributed by atoms with van der Waals surface area (Å²) in [6.07, 6.45) is 2.48. The lowest BCUT2D eigenvalue weighted by atomic mass is 9.99. The van der Waals surface area contributed by atoms with Crippen molar-refractivity contribution < 1.29 is 9.18 Å². The highest BCUT2D eigenvalue weighted by atomic mass is 19.1. The number of pyridine rings is 1. The quantitative estimate of drug-likeness (QED) is 0.450. The van der Waals surface area contributed by atoms with Gasteiger partial charge >= 0.3 is 0 Å². The molecule has 2 unspecified atom stereocenters. The van der Waals surface area contributed by atoms with Crippen molar-refractivity contribution in [2.24, 2.45) is 24.4 Å². The standard InChI is InChI=1S/C21H28FN7O/c1-11(2)7-17(12(3)23)27-21-16(22)9-15(19(24)30)20(28-21)26-14-5-6-18-13(8-14)10-25-29(18)4/h5-6,8-12,17H,7,23H2,1-4H3,(H2,24,30)(H2,26,27,28). The third-order valence-electron chi connectivity index (χ3n) is 4.93. The summed E-state index contributed by atoms with van der Waals surface area (Å²) in [7, 11) is 1.85. The molecule has 0 aliphatic rings. The molecular weight excluding hydrogens is 385 g/mol. The summed E-state index contributed by atoms with van der Waals surface area (Å²) in [5.74, 6) is -0.879. The minimum absolute atomic E-state index is 0.0212. The third-order valence-corrected chi connectivity index (χ3v) is 4.93. The minimum atomic E-state index is -0.774. The summed E-state index contributed by atoms with van der Waals surface area (Å²) in [6.45, 7) is 6.00. The van der Waals surface area contributed by atoms with Crippen molar-refractivity contribution in [1.29, 1.82) is 0 Å². The first kappa shape index (κ1) is 21.5. The monoisotopic (exact) mass is 413 g/mol. The van der Waals surface area contributed by atoms with Crippen LogP contribution in [0.3, 0.4) is 0 Å². The predicted octanol–water partition coefficient (Wildman–Crippen LogP) is 3.12. The Labute approximate surface area is 174 Å². The number of nitrogens with two attached hydrogens (primary N) is 2. The van der Waals surface area contributed by atoms with Gasteiger partial charge in [-0.3, -0.25) is 9.48 Å². The fourth-order valence-electron chi connectivity index (χ4n) is 3.34. The molecular formula is C21H28FN7O. The summed E-state index contributed by atoms with van der Waals surface area (Å²) in [5, 5.41) is 11.3. The average molecular weight is 414 g/mol. The van der Waals surface area contributed by atoms with Crippen LogP contribution in [0, 0.1) is 11.7 Å². The molecule has 2 aromatic heterocycles. The molecule has 1 aromatic carbocycles. The first-order chi connectivity index (χ1) is 14.2. The van der Waals surface area contributed by atoms with Crippen LogP contribution in [0.2, 0.25) is 0 Å². The van der Waals surface area contributed by atoms with E-state index in [1.807, 2.05) is 32.2 Å². The smallest absolute Gasteiger partial charge is 0.252 e. The molecule has 0 spiro atoms. The van der Waals surface area contributed by atoms with Crippen molar-refractivity contribution in [3.8, 4) is 0 Å². The number of fused-ring (bicyclic) bond motifs is 1. The molecule has 0 radical (unpaired) electrons. The summed E-state index contributed by atoms with van der Waals surface area (Å²) in [6, 6.07) is 6.30. The Hall–Kier alpha value is -3.20. The Balaban J connectivity index is 1.96. The van der Waals surface area contributed by atoms with Crippen LogP contribution in [0.1, 0.15) is 37.6 Å². The van der Waals surface area contributed by atoms with Gasteiger partial charge in [0.15, 0.2) is 11.6 Å². The first-order valence-electron chi connectivity index (χ1n) is 9.87. The van der Waals surface area contributed by atoms with Crippen molar-refractivity contribution in [3.63, 3.8) is 0 Å². The van der Waals surface area contributed by atoms with Gasteiger partial charge in [-0.15, -0.1) is 0 Å². The number of nitrogens with one attached hydrogen (secondary N) is 2. The van der Waals surface area contributed by atoms with E-state index < -0.39 is 11.7 Å². The second-order valence-corrected chi connectivity index (χ2v) is 7.99. The molecule has 1 amide bonds. The second-order valence-electron chi connectivity index (χ2n) is 7.99. The number of hydrogen-bond donors (Lipinski definition) is 4. The summed E-state index contributed by atoms with van der Waals surface area (Å²) < 4.78 is 16.4. The van der Waals surface area contributed by atoms with Crippen LogP contribution in [0.25, 0.3) is 10.9 Å². The van der Waals surface area contributed by atoms with Gasteiger partial charge in [0.05, 0.1) is 17.3 Å². The molecule has 3 aromatic rings.